The summed E-state index contributed by atoms with van der Waals surface area (Å²) in [5, 5.41) is 26.1. The van der Waals surface area contributed by atoms with Gasteiger partial charge in [0.2, 0.25) is 0 Å². The van der Waals surface area contributed by atoms with E-state index in [4.69, 9.17) is 47.4 Å². The summed E-state index contributed by atoms with van der Waals surface area (Å²) in [6, 6.07) is 17.8. The highest BCUT2D eigenvalue weighted by Gasteiger charge is 2.37. The monoisotopic (exact) mass is 988 g/mol. The van der Waals surface area contributed by atoms with Crippen molar-refractivity contribution in [3.05, 3.63) is 107 Å². The number of rotatable bonds is 20. The number of nitrogens with one attached hydrogen (secondary N) is 2. The lowest BCUT2D eigenvalue weighted by Crippen LogP contribution is -2.46. The van der Waals surface area contributed by atoms with Crippen LogP contribution in [-0.2, 0) is 67.1 Å². The molecule has 2 aromatic heterocycles. The molecule has 20 heteroatoms. The van der Waals surface area contributed by atoms with Crippen molar-refractivity contribution >= 4 is 23.8 Å². The van der Waals surface area contributed by atoms with Gasteiger partial charge in [0.05, 0.1) is 60.0 Å². The zero-order valence-electron chi connectivity index (χ0n) is 40.8. The summed E-state index contributed by atoms with van der Waals surface area (Å²) in [7, 11) is 2.68. The van der Waals surface area contributed by atoms with Gasteiger partial charge in [-0.1, -0.05) is 75.4 Å². The molecule has 2 fully saturated rings. The minimum absolute atomic E-state index is 0.00168. The number of aromatic hydroxyl groups is 2. The largest absolute Gasteiger partial charge is 0.503 e. The summed E-state index contributed by atoms with van der Waals surface area (Å²) in [5.41, 5.74) is 2.12. The quantitative estimate of drug-likeness (QED) is 0.0910. The average Bonchev–Trinajstić information content (AvgIpc) is 3.46. The normalized spacial score (nSPS) is 22.5. The van der Waals surface area contributed by atoms with E-state index in [1.807, 2.05) is 75.4 Å². The first kappa shape index (κ1) is 53.9. The minimum atomic E-state index is -1.23. The molecule has 8 unspecified atom stereocenters. The van der Waals surface area contributed by atoms with Crippen LogP contribution in [0.2, 0.25) is 0 Å². The summed E-state index contributed by atoms with van der Waals surface area (Å²) in [4.78, 5) is 60.9. The molecule has 4 aromatic rings. The molecule has 2 amide bonds. The Bertz CT molecular complexity index is 2370. The molecule has 4 heterocycles. The standard InChI is InChI=1S/C51H64N4O16/c1-30(2)21-66-42-29-71-51(61)37(55-49(59)44-46(57)39(63-6)16-18-53-44)26-65-32(4)47(42)69-22-31(3)19-34-13-10-14-35(20-34)24-68-41-28-70-50(60)36(54-48(58)43-45(56)38(62-5)15-17-52-43)25-64-27-40(41)67-23-33-11-8-7-9-12-33/h7-18,20,30-32,36-37,40-42,47,56-57H,19,21-29H2,1-6H3,(H,54,58)(H,55,59). The lowest BCUT2D eigenvalue weighted by molar-refractivity contribution is -0.161. The van der Waals surface area contributed by atoms with Crippen LogP contribution in [0, 0.1) is 11.8 Å². The summed E-state index contributed by atoms with van der Waals surface area (Å²) < 4.78 is 59.2. The van der Waals surface area contributed by atoms with Crippen molar-refractivity contribution in [2.45, 2.75) is 89.9 Å². The van der Waals surface area contributed by atoms with Crippen LogP contribution in [0.3, 0.4) is 0 Å². The van der Waals surface area contributed by atoms with Crippen LogP contribution in [0.25, 0.3) is 0 Å². The van der Waals surface area contributed by atoms with Crippen LogP contribution in [0.1, 0.15) is 65.4 Å². The Morgan fingerprint density at radius 2 is 1.21 bits per heavy atom. The molecule has 0 saturated carbocycles. The van der Waals surface area contributed by atoms with Crippen LogP contribution in [-0.4, -0.2) is 147 Å². The molecule has 6 rings (SSSR count). The highest BCUT2D eigenvalue weighted by Crippen LogP contribution is 2.29. The molecule has 384 valence electrons. The predicted molar refractivity (Wildman–Crippen MR) is 253 cm³/mol. The Kier molecular flexibility index (Phi) is 20.3. The van der Waals surface area contributed by atoms with E-state index < -0.39 is 77.9 Å². The molecule has 0 aliphatic carbocycles. The van der Waals surface area contributed by atoms with E-state index in [9.17, 15) is 29.4 Å². The van der Waals surface area contributed by atoms with Crippen molar-refractivity contribution < 1.29 is 76.8 Å². The number of amides is 2. The Balaban J connectivity index is 1.08. The van der Waals surface area contributed by atoms with E-state index in [2.05, 4.69) is 20.6 Å². The molecule has 20 nitrogen and oxygen atoms in total. The number of benzene rings is 2. The van der Waals surface area contributed by atoms with E-state index in [1.165, 1.54) is 38.7 Å². The van der Waals surface area contributed by atoms with Crippen molar-refractivity contribution in [2.24, 2.45) is 11.8 Å². The van der Waals surface area contributed by atoms with Gasteiger partial charge in [-0.2, -0.15) is 0 Å². The molecule has 8 atom stereocenters. The van der Waals surface area contributed by atoms with Gasteiger partial charge in [-0.05, 0) is 41.9 Å². The second kappa shape index (κ2) is 26.7. The molecule has 0 bridgehead atoms. The molecule has 0 radical (unpaired) electrons. The van der Waals surface area contributed by atoms with Crippen LogP contribution in [0.5, 0.6) is 23.0 Å². The first-order chi connectivity index (χ1) is 34.2. The summed E-state index contributed by atoms with van der Waals surface area (Å²) in [5.74, 6) is -3.87. The van der Waals surface area contributed by atoms with Crippen molar-refractivity contribution in [3.8, 4) is 23.0 Å². The van der Waals surface area contributed by atoms with E-state index in [1.54, 1.807) is 6.92 Å². The van der Waals surface area contributed by atoms with Gasteiger partial charge in [0.1, 0.15) is 37.6 Å². The van der Waals surface area contributed by atoms with Gasteiger partial charge < -0.3 is 68.2 Å². The molecule has 0 spiro atoms. The highest BCUT2D eigenvalue weighted by atomic mass is 16.6. The minimum Gasteiger partial charge on any atom is -0.503 e. The van der Waals surface area contributed by atoms with Crippen molar-refractivity contribution in [1.29, 1.82) is 0 Å². The fraction of sp³-hybridized carbons (Fsp3) is 0.490. The maximum absolute atomic E-state index is 13.4. The van der Waals surface area contributed by atoms with Gasteiger partial charge in [-0.3, -0.25) is 9.59 Å². The van der Waals surface area contributed by atoms with Crippen LogP contribution < -0.4 is 20.1 Å². The Labute approximate surface area is 412 Å². The van der Waals surface area contributed by atoms with E-state index in [0.29, 0.717) is 19.6 Å². The fourth-order valence-corrected chi connectivity index (χ4v) is 7.69. The SMILES string of the molecule is COc1ccnc(C(=O)NC2COCC(OCc3ccccc3)C(OCc3cccc(CC(C)COC4C(C)OCC(NC(=O)c5nccc(OC)c5O)C(=O)OCC4OCC(C)C)c3)COC2=O)c1O. The van der Waals surface area contributed by atoms with Crippen LogP contribution in [0.15, 0.2) is 79.1 Å². The van der Waals surface area contributed by atoms with E-state index in [0.717, 1.165) is 16.7 Å². The van der Waals surface area contributed by atoms with Crippen molar-refractivity contribution in [3.63, 3.8) is 0 Å². The fourth-order valence-electron chi connectivity index (χ4n) is 7.69. The topological polar surface area (TPSA) is 251 Å². The summed E-state index contributed by atoms with van der Waals surface area (Å²) >= 11 is 0. The van der Waals surface area contributed by atoms with Gasteiger partial charge in [0.25, 0.3) is 11.8 Å². The first-order valence-corrected chi connectivity index (χ1v) is 23.4. The highest BCUT2D eigenvalue weighted by molar-refractivity contribution is 5.98. The smallest absolute Gasteiger partial charge is 0.331 e. The van der Waals surface area contributed by atoms with Gasteiger partial charge >= 0.3 is 11.9 Å². The van der Waals surface area contributed by atoms with Gasteiger partial charge in [0.15, 0.2) is 46.5 Å². The molecule has 2 aliphatic heterocycles. The predicted octanol–water partition coefficient (Wildman–Crippen LogP) is 4.11. The second-order valence-electron chi connectivity index (χ2n) is 17.7. The van der Waals surface area contributed by atoms with E-state index in [-0.39, 0.29) is 81.0 Å². The number of hydrogen-bond acceptors (Lipinski definition) is 18. The van der Waals surface area contributed by atoms with Gasteiger partial charge in [0, 0.05) is 31.1 Å². The second-order valence-corrected chi connectivity index (χ2v) is 17.7. The van der Waals surface area contributed by atoms with Gasteiger partial charge in [-0.25, -0.2) is 19.6 Å². The molecule has 4 N–H and O–H groups in total. The zero-order chi connectivity index (χ0) is 50.9. The Hall–Kier alpha value is -6.42. The maximum Gasteiger partial charge on any atom is 0.331 e. The zero-order valence-corrected chi connectivity index (χ0v) is 40.8. The molecular formula is C51H64N4O16. The Morgan fingerprint density at radius 3 is 1.82 bits per heavy atom. The number of esters is 2. The lowest BCUT2D eigenvalue weighted by Gasteiger charge is -2.32. The number of carbonyl (C=O) groups excluding carboxylic acids is 4. The molecule has 71 heavy (non-hydrogen) atoms. The summed E-state index contributed by atoms with van der Waals surface area (Å²) in [6.07, 6.45) is -0.190. The first-order valence-electron chi connectivity index (χ1n) is 23.4. The average molecular weight is 989 g/mol. The number of methoxy groups -OCH3 is 2. The molecular weight excluding hydrogens is 925 g/mol. The van der Waals surface area contributed by atoms with E-state index >= 15 is 0 Å². The van der Waals surface area contributed by atoms with Crippen molar-refractivity contribution in [1.82, 2.24) is 20.6 Å². The Morgan fingerprint density at radius 1 is 0.662 bits per heavy atom. The van der Waals surface area contributed by atoms with Crippen LogP contribution >= 0.6 is 0 Å². The molecule has 2 saturated heterocycles. The maximum atomic E-state index is 13.4. The third-order valence-corrected chi connectivity index (χ3v) is 11.5. The number of aromatic nitrogens is 2. The van der Waals surface area contributed by atoms with Gasteiger partial charge in [-0.15, -0.1) is 0 Å². The summed E-state index contributed by atoms with van der Waals surface area (Å²) in [6.45, 7) is 8.01. The van der Waals surface area contributed by atoms with Crippen LogP contribution in [0.4, 0.5) is 0 Å². The molecule has 2 aliphatic rings. The number of cyclic esters (lactones) is 2. The lowest BCUT2D eigenvalue weighted by atomic mass is 10.00. The third-order valence-electron chi connectivity index (χ3n) is 11.5. The number of hydrogen-bond donors (Lipinski definition) is 4. The van der Waals surface area contributed by atoms with Crippen molar-refractivity contribution in [2.75, 3.05) is 60.5 Å². The molecule has 2 aromatic carbocycles. The number of carbonyl (C=O) groups is 4. The number of nitrogens with zero attached hydrogens (tertiary/aromatic N) is 2. The number of ether oxygens (including phenoxy) is 10. The number of pyridine rings is 2. The third kappa shape index (κ3) is 15.5.